The highest BCUT2D eigenvalue weighted by molar-refractivity contribution is 5.84. The molecule has 2 aromatic rings. The van der Waals surface area contributed by atoms with Crippen molar-refractivity contribution >= 4 is 11.0 Å². The molecule has 0 radical (unpaired) electrons. The van der Waals surface area contributed by atoms with Crippen molar-refractivity contribution in [2.24, 2.45) is 5.92 Å². The van der Waals surface area contributed by atoms with Crippen molar-refractivity contribution in [2.45, 2.75) is 47.1 Å². The van der Waals surface area contributed by atoms with Gasteiger partial charge in [-0.05, 0) is 49.9 Å². The van der Waals surface area contributed by atoms with E-state index in [1.807, 2.05) is 0 Å². The molecular formula is C17H25NO. The third-order valence-electron chi connectivity index (χ3n) is 3.70. The van der Waals surface area contributed by atoms with Crippen LogP contribution in [0.2, 0.25) is 0 Å². The summed E-state index contributed by atoms with van der Waals surface area (Å²) < 4.78 is 6.14. The maximum absolute atomic E-state index is 6.14. The highest BCUT2D eigenvalue weighted by Crippen LogP contribution is 2.31. The van der Waals surface area contributed by atoms with E-state index in [4.69, 9.17) is 4.42 Å². The van der Waals surface area contributed by atoms with Crippen LogP contribution in [0.5, 0.6) is 0 Å². The summed E-state index contributed by atoms with van der Waals surface area (Å²) in [6.07, 6.45) is 1.14. The number of furan rings is 1. The van der Waals surface area contributed by atoms with E-state index >= 15 is 0 Å². The molecule has 104 valence electrons. The molecule has 1 aromatic heterocycles. The first-order valence-electron chi connectivity index (χ1n) is 7.27. The van der Waals surface area contributed by atoms with Gasteiger partial charge in [-0.25, -0.2) is 0 Å². The Morgan fingerprint density at radius 2 is 1.84 bits per heavy atom. The lowest BCUT2D eigenvalue weighted by Gasteiger charge is -2.19. The molecule has 2 rings (SSSR count). The maximum atomic E-state index is 6.14. The van der Waals surface area contributed by atoms with Crippen LogP contribution in [-0.2, 0) is 0 Å². The largest absolute Gasteiger partial charge is 0.459 e. The van der Waals surface area contributed by atoms with Crippen LogP contribution in [0.15, 0.2) is 22.6 Å². The van der Waals surface area contributed by atoms with Crippen molar-refractivity contribution in [3.05, 3.63) is 35.1 Å². The third-order valence-corrected chi connectivity index (χ3v) is 3.70. The highest BCUT2D eigenvalue weighted by atomic mass is 16.3. The fourth-order valence-corrected chi connectivity index (χ4v) is 2.53. The van der Waals surface area contributed by atoms with E-state index in [0.717, 1.165) is 24.3 Å². The van der Waals surface area contributed by atoms with Gasteiger partial charge in [-0.3, -0.25) is 0 Å². The lowest BCUT2D eigenvalue weighted by atomic mass is 10.0. The zero-order valence-electron chi connectivity index (χ0n) is 12.7. The first kappa shape index (κ1) is 14.1. The minimum atomic E-state index is 0.297. The first-order valence-corrected chi connectivity index (χ1v) is 7.27. The zero-order valence-corrected chi connectivity index (χ0v) is 12.7. The average molecular weight is 259 g/mol. The van der Waals surface area contributed by atoms with Gasteiger partial charge < -0.3 is 9.73 Å². The summed E-state index contributed by atoms with van der Waals surface area (Å²) in [4.78, 5) is 0. The Bertz CT molecular complexity index is 515. The lowest BCUT2D eigenvalue weighted by Crippen LogP contribution is -2.25. The Morgan fingerprint density at radius 3 is 2.42 bits per heavy atom. The van der Waals surface area contributed by atoms with Crippen LogP contribution in [0.1, 0.15) is 50.1 Å². The second kappa shape index (κ2) is 5.79. The Balaban J connectivity index is 2.43. The molecule has 0 fully saturated rings. The van der Waals surface area contributed by atoms with Crippen molar-refractivity contribution in [3.8, 4) is 0 Å². The summed E-state index contributed by atoms with van der Waals surface area (Å²) >= 11 is 0. The SMILES string of the molecule is CCCNC(c1cc2c(C)ccc(C)c2o1)C(C)C. The van der Waals surface area contributed by atoms with Crippen molar-refractivity contribution in [1.82, 2.24) is 5.32 Å². The number of hydrogen-bond donors (Lipinski definition) is 1. The molecule has 0 aliphatic heterocycles. The Hall–Kier alpha value is -1.28. The van der Waals surface area contributed by atoms with E-state index in [2.05, 4.69) is 58.1 Å². The number of benzene rings is 1. The molecule has 2 heteroatoms. The fourth-order valence-electron chi connectivity index (χ4n) is 2.53. The summed E-state index contributed by atoms with van der Waals surface area (Å²) in [6.45, 7) is 11.9. The van der Waals surface area contributed by atoms with Crippen molar-refractivity contribution in [3.63, 3.8) is 0 Å². The number of nitrogens with one attached hydrogen (secondary N) is 1. The Morgan fingerprint density at radius 1 is 1.16 bits per heavy atom. The number of hydrogen-bond acceptors (Lipinski definition) is 2. The summed E-state index contributed by atoms with van der Waals surface area (Å²) in [6, 6.07) is 6.81. The highest BCUT2D eigenvalue weighted by Gasteiger charge is 2.20. The topological polar surface area (TPSA) is 25.2 Å². The first-order chi connectivity index (χ1) is 9.04. The van der Waals surface area contributed by atoms with E-state index in [1.54, 1.807) is 0 Å². The second-order valence-corrected chi connectivity index (χ2v) is 5.77. The van der Waals surface area contributed by atoms with Crippen LogP contribution in [0.3, 0.4) is 0 Å². The summed E-state index contributed by atoms with van der Waals surface area (Å²) in [5.74, 6) is 1.59. The van der Waals surface area contributed by atoms with Crippen molar-refractivity contribution < 1.29 is 4.42 Å². The van der Waals surface area contributed by atoms with Gasteiger partial charge >= 0.3 is 0 Å². The molecule has 0 saturated carbocycles. The Labute approximate surface area is 116 Å². The monoisotopic (exact) mass is 259 g/mol. The predicted octanol–water partition coefficient (Wildman–Crippen LogP) is 4.75. The van der Waals surface area contributed by atoms with Crippen molar-refractivity contribution in [1.29, 1.82) is 0 Å². The number of rotatable bonds is 5. The normalized spacial score (nSPS) is 13.4. The van der Waals surface area contributed by atoms with Crippen LogP contribution >= 0.6 is 0 Å². The smallest absolute Gasteiger partial charge is 0.137 e. The molecule has 19 heavy (non-hydrogen) atoms. The molecule has 2 nitrogen and oxygen atoms in total. The quantitative estimate of drug-likeness (QED) is 0.838. The molecular weight excluding hydrogens is 234 g/mol. The molecule has 1 atom stereocenters. The van der Waals surface area contributed by atoms with Crippen LogP contribution in [-0.4, -0.2) is 6.54 Å². The van der Waals surface area contributed by atoms with Gasteiger partial charge in [0.05, 0.1) is 6.04 Å². The molecule has 0 saturated heterocycles. The third kappa shape index (κ3) is 2.84. The van der Waals surface area contributed by atoms with Gasteiger partial charge in [0.2, 0.25) is 0 Å². The molecule has 1 N–H and O–H groups in total. The van der Waals surface area contributed by atoms with Gasteiger partial charge in [0, 0.05) is 5.39 Å². The van der Waals surface area contributed by atoms with Gasteiger partial charge in [0.25, 0.3) is 0 Å². The van der Waals surface area contributed by atoms with Gasteiger partial charge in [-0.15, -0.1) is 0 Å². The number of aryl methyl sites for hydroxylation is 2. The lowest BCUT2D eigenvalue weighted by molar-refractivity contribution is 0.351. The van der Waals surface area contributed by atoms with E-state index in [0.29, 0.717) is 12.0 Å². The fraction of sp³-hybridized carbons (Fsp3) is 0.529. The Kier molecular flexibility index (Phi) is 4.31. The number of fused-ring (bicyclic) bond motifs is 1. The minimum Gasteiger partial charge on any atom is -0.459 e. The minimum absolute atomic E-state index is 0.297. The maximum Gasteiger partial charge on any atom is 0.137 e. The second-order valence-electron chi connectivity index (χ2n) is 5.77. The van der Waals surface area contributed by atoms with Gasteiger partial charge in [0.15, 0.2) is 0 Å². The summed E-state index contributed by atoms with van der Waals surface area (Å²) in [7, 11) is 0. The van der Waals surface area contributed by atoms with Gasteiger partial charge in [-0.2, -0.15) is 0 Å². The van der Waals surface area contributed by atoms with E-state index < -0.39 is 0 Å². The summed E-state index contributed by atoms with van der Waals surface area (Å²) in [5.41, 5.74) is 3.54. The van der Waals surface area contributed by atoms with E-state index in [9.17, 15) is 0 Å². The van der Waals surface area contributed by atoms with E-state index in [-0.39, 0.29) is 0 Å². The molecule has 0 bridgehead atoms. The molecule has 1 aromatic carbocycles. The average Bonchev–Trinajstić information content (AvgIpc) is 2.80. The molecule has 1 unspecified atom stereocenters. The molecule has 0 spiro atoms. The van der Waals surface area contributed by atoms with Gasteiger partial charge in [-0.1, -0.05) is 32.9 Å². The zero-order chi connectivity index (χ0) is 14.0. The van der Waals surface area contributed by atoms with Crippen LogP contribution < -0.4 is 5.32 Å². The molecule has 1 heterocycles. The summed E-state index contributed by atoms with van der Waals surface area (Å²) in [5, 5.41) is 4.84. The van der Waals surface area contributed by atoms with Crippen LogP contribution in [0.25, 0.3) is 11.0 Å². The van der Waals surface area contributed by atoms with Gasteiger partial charge in [0.1, 0.15) is 11.3 Å². The molecule has 0 amide bonds. The van der Waals surface area contributed by atoms with E-state index in [1.165, 1.54) is 16.5 Å². The van der Waals surface area contributed by atoms with Crippen LogP contribution in [0.4, 0.5) is 0 Å². The predicted molar refractivity (Wildman–Crippen MR) is 81.6 cm³/mol. The van der Waals surface area contributed by atoms with Crippen LogP contribution in [0, 0.1) is 19.8 Å². The van der Waals surface area contributed by atoms with Crippen molar-refractivity contribution in [2.75, 3.05) is 6.54 Å². The standard InChI is InChI=1S/C17H25NO/c1-6-9-18-16(11(2)3)15-10-14-12(4)7-8-13(5)17(14)19-15/h7-8,10-11,16,18H,6,9H2,1-5H3. The molecule has 0 aliphatic carbocycles. The molecule has 0 aliphatic rings.